The normalized spacial score (nSPS) is 11.5. The SMILES string of the molecule is C=Cc1cc2oc3ccccc3c(=O)c2c(O)c1-c1cc(OC)c2c(Cl)c(CCC)n(C)c(=O)c2c1O. The third-order valence-electron chi connectivity index (χ3n) is 6.73. The van der Waals surface area contributed by atoms with Crippen LogP contribution in [0, 0.1) is 0 Å². The number of halogens is 1. The molecule has 0 bridgehead atoms. The number of nitrogens with zero attached hydrogens (tertiary/aromatic N) is 1. The second-order valence-corrected chi connectivity index (χ2v) is 9.17. The molecule has 0 atom stereocenters. The van der Waals surface area contributed by atoms with Crippen molar-refractivity contribution in [3.8, 4) is 28.4 Å². The lowest BCUT2D eigenvalue weighted by Crippen LogP contribution is -2.21. The van der Waals surface area contributed by atoms with Gasteiger partial charge in [0.1, 0.15) is 33.8 Å². The van der Waals surface area contributed by atoms with Gasteiger partial charge in [-0.15, -0.1) is 0 Å². The monoisotopic (exact) mass is 517 g/mol. The topological polar surface area (TPSA) is 102 Å². The molecule has 188 valence electrons. The summed E-state index contributed by atoms with van der Waals surface area (Å²) in [5.41, 5.74) is 0.838. The van der Waals surface area contributed by atoms with Gasteiger partial charge in [0, 0.05) is 23.9 Å². The first-order valence-electron chi connectivity index (χ1n) is 11.7. The Hall–Kier alpha value is -4.23. The molecule has 0 unspecified atom stereocenters. The number of benzene rings is 3. The van der Waals surface area contributed by atoms with Crippen molar-refractivity contribution >= 4 is 50.4 Å². The van der Waals surface area contributed by atoms with E-state index >= 15 is 0 Å². The van der Waals surface area contributed by atoms with E-state index in [4.69, 9.17) is 20.8 Å². The average Bonchev–Trinajstić information content (AvgIpc) is 2.89. The standard InChI is InChI=1S/C29H24ClNO6/c1-5-9-17-25(30)22-19(36-4)13-16(27(33)24(22)29(35)31(17)3)21-14(6-2)12-20-23(28(21)34)26(32)15-10-7-8-11-18(15)37-20/h6-8,10-13,33-34H,2,5,9H2,1,3-4H3. The van der Waals surface area contributed by atoms with Crippen LogP contribution >= 0.6 is 11.6 Å². The summed E-state index contributed by atoms with van der Waals surface area (Å²) in [4.78, 5) is 26.8. The molecule has 0 fully saturated rings. The number of rotatable bonds is 5. The van der Waals surface area contributed by atoms with Crippen molar-refractivity contribution in [2.75, 3.05) is 7.11 Å². The third-order valence-corrected chi connectivity index (χ3v) is 7.14. The minimum absolute atomic E-state index is 0.0537. The van der Waals surface area contributed by atoms with Crippen LogP contribution in [0.2, 0.25) is 5.02 Å². The molecule has 2 N–H and O–H groups in total. The van der Waals surface area contributed by atoms with E-state index < -0.39 is 22.5 Å². The molecule has 3 aromatic carbocycles. The molecule has 0 aliphatic heterocycles. The number of phenols is 2. The number of methoxy groups -OCH3 is 1. The highest BCUT2D eigenvalue weighted by Gasteiger charge is 2.26. The lowest BCUT2D eigenvalue weighted by molar-refractivity contribution is 0.418. The molecule has 0 radical (unpaired) electrons. The summed E-state index contributed by atoms with van der Waals surface area (Å²) in [6, 6.07) is 9.79. The van der Waals surface area contributed by atoms with Crippen LogP contribution in [0.4, 0.5) is 0 Å². The Balaban J connectivity index is 1.96. The molecular formula is C29H24ClNO6. The molecule has 2 heterocycles. The maximum absolute atomic E-state index is 13.4. The van der Waals surface area contributed by atoms with E-state index in [1.807, 2.05) is 6.92 Å². The van der Waals surface area contributed by atoms with Gasteiger partial charge in [0.25, 0.3) is 5.56 Å². The maximum atomic E-state index is 13.4. The lowest BCUT2D eigenvalue weighted by atomic mass is 9.92. The molecule has 0 amide bonds. The Labute approximate surface area is 216 Å². The Morgan fingerprint density at radius 3 is 2.49 bits per heavy atom. The summed E-state index contributed by atoms with van der Waals surface area (Å²) in [5, 5.41) is 23.7. The van der Waals surface area contributed by atoms with E-state index in [1.54, 1.807) is 37.4 Å². The third kappa shape index (κ3) is 3.49. The number of aromatic hydroxyl groups is 2. The van der Waals surface area contributed by atoms with Gasteiger partial charge in [0.2, 0.25) is 5.43 Å². The lowest BCUT2D eigenvalue weighted by Gasteiger charge is -2.19. The van der Waals surface area contributed by atoms with Crippen LogP contribution in [-0.4, -0.2) is 21.9 Å². The number of para-hydroxylation sites is 1. The quantitative estimate of drug-likeness (QED) is 0.272. The van der Waals surface area contributed by atoms with Crippen molar-refractivity contribution < 1.29 is 19.4 Å². The fourth-order valence-corrected chi connectivity index (χ4v) is 5.33. The smallest absolute Gasteiger partial charge is 0.262 e. The Morgan fingerprint density at radius 1 is 1.08 bits per heavy atom. The zero-order chi connectivity index (χ0) is 26.6. The Kier molecular flexibility index (Phi) is 5.96. The van der Waals surface area contributed by atoms with Gasteiger partial charge in [0.05, 0.1) is 28.3 Å². The maximum Gasteiger partial charge on any atom is 0.262 e. The fourth-order valence-electron chi connectivity index (χ4n) is 4.93. The van der Waals surface area contributed by atoms with E-state index in [1.165, 1.54) is 23.8 Å². The zero-order valence-electron chi connectivity index (χ0n) is 20.5. The van der Waals surface area contributed by atoms with Crippen molar-refractivity contribution in [1.82, 2.24) is 4.57 Å². The summed E-state index contributed by atoms with van der Waals surface area (Å²) in [6.45, 7) is 5.81. The zero-order valence-corrected chi connectivity index (χ0v) is 21.3. The van der Waals surface area contributed by atoms with Crippen molar-refractivity contribution in [1.29, 1.82) is 0 Å². The fraction of sp³-hybridized carbons (Fsp3) is 0.172. The van der Waals surface area contributed by atoms with E-state index in [0.717, 1.165) is 6.42 Å². The second-order valence-electron chi connectivity index (χ2n) is 8.79. The molecule has 8 heteroatoms. The summed E-state index contributed by atoms with van der Waals surface area (Å²) in [6.07, 6.45) is 2.78. The first-order chi connectivity index (χ1) is 17.7. The number of hydrogen-bond acceptors (Lipinski definition) is 6. The largest absolute Gasteiger partial charge is 0.506 e. The van der Waals surface area contributed by atoms with Crippen molar-refractivity contribution in [3.63, 3.8) is 0 Å². The van der Waals surface area contributed by atoms with Gasteiger partial charge < -0.3 is 23.9 Å². The van der Waals surface area contributed by atoms with Crippen molar-refractivity contribution in [2.24, 2.45) is 7.05 Å². The highest BCUT2D eigenvalue weighted by atomic mass is 35.5. The van der Waals surface area contributed by atoms with Crippen molar-refractivity contribution in [3.05, 3.63) is 79.8 Å². The summed E-state index contributed by atoms with van der Waals surface area (Å²) >= 11 is 6.73. The van der Waals surface area contributed by atoms with Gasteiger partial charge in [-0.25, -0.2) is 0 Å². The minimum Gasteiger partial charge on any atom is -0.506 e. The van der Waals surface area contributed by atoms with Gasteiger partial charge in [-0.1, -0.05) is 49.7 Å². The van der Waals surface area contributed by atoms with Gasteiger partial charge in [-0.2, -0.15) is 0 Å². The van der Waals surface area contributed by atoms with E-state index in [-0.39, 0.29) is 38.6 Å². The van der Waals surface area contributed by atoms with Crippen LogP contribution in [-0.2, 0) is 13.5 Å². The summed E-state index contributed by atoms with van der Waals surface area (Å²) in [5.74, 6) is -0.568. The van der Waals surface area contributed by atoms with E-state index in [2.05, 4.69) is 6.58 Å². The molecule has 0 saturated carbocycles. The van der Waals surface area contributed by atoms with Crippen LogP contribution in [0.5, 0.6) is 17.2 Å². The predicted molar refractivity (Wildman–Crippen MR) is 147 cm³/mol. The number of pyridine rings is 1. The molecule has 5 rings (SSSR count). The highest BCUT2D eigenvalue weighted by Crippen LogP contribution is 2.48. The first-order valence-corrected chi connectivity index (χ1v) is 12.1. The minimum atomic E-state index is -0.466. The molecule has 5 aromatic rings. The van der Waals surface area contributed by atoms with E-state index in [0.29, 0.717) is 33.7 Å². The number of aromatic nitrogens is 1. The molecule has 0 saturated heterocycles. The van der Waals surface area contributed by atoms with E-state index in [9.17, 15) is 19.8 Å². The molecule has 0 spiro atoms. The highest BCUT2D eigenvalue weighted by molar-refractivity contribution is 6.37. The number of hydrogen-bond donors (Lipinski definition) is 2. The second kappa shape index (κ2) is 9.01. The number of ether oxygens (including phenoxy) is 1. The van der Waals surface area contributed by atoms with Gasteiger partial charge >= 0.3 is 0 Å². The summed E-state index contributed by atoms with van der Waals surface area (Å²) < 4.78 is 12.9. The van der Waals surface area contributed by atoms with Crippen molar-refractivity contribution in [2.45, 2.75) is 19.8 Å². The van der Waals surface area contributed by atoms with Gasteiger partial charge in [-0.05, 0) is 36.2 Å². The molecule has 0 aliphatic carbocycles. The number of phenolic OH excluding ortho intramolecular Hbond substituents is 2. The van der Waals surface area contributed by atoms with Gasteiger partial charge in [0.15, 0.2) is 0 Å². The van der Waals surface area contributed by atoms with Crippen LogP contribution in [0.3, 0.4) is 0 Å². The molecule has 7 nitrogen and oxygen atoms in total. The average molecular weight is 518 g/mol. The predicted octanol–water partition coefficient (Wildman–Crippen LogP) is 6.13. The molecule has 0 aliphatic rings. The van der Waals surface area contributed by atoms with Crippen LogP contribution in [0.1, 0.15) is 24.6 Å². The molecular weight excluding hydrogens is 494 g/mol. The molecule has 37 heavy (non-hydrogen) atoms. The van der Waals surface area contributed by atoms with Crippen LogP contribution < -0.4 is 15.7 Å². The number of fused-ring (bicyclic) bond motifs is 3. The van der Waals surface area contributed by atoms with Crippen LogP contribution in [0.25, 0.3) is 49.9 Å². The Bertz CT molecular complexity index is 1880. The van der Waals surface area contributed by atoms with Gasteiger partial charge in [-0.3, -0.25) is 9.59 Å². The molecule has 2 aromatic heterocycles. The van der Waals surface area contributed by atoms with Crippen LogP contribution in [0.15, 0.2) is 57.0 Å². The Morgan fingerprint density at radius 2 is 1.81 bits per heavy atom. The summed E-state index contributed by atoms with van der Waals surface area (Å²) in [7, 11) is 3.02. The first kappa shape index (κ1) is 24.5.